The fraction of sp³-hybridized carbons (Fsp3) is 1.00. The molecule has 0 unspecified atom stereocenters. The first-order chi connectivity index (χ1) is 7.71. The molecule has 0 atom stereocenters. The summed E-state index contributed by atoms with van der Waals surface area (Å²) < 4.78 is 0. The van der Waals surface area contributed by atoms with Crippen LogP contribution < -0.4 is 0 Å². The first kappa shape index (κ1) is 33.0. The van der Waals surface area contributed by atoms with Gasteiger partial charge in [-0.3, -0.25) is 0 Å². The summed E-state index contributed by atoms with van der Waals surface area (Å²) in [5, 5.41) is 0. The van der Waals surface area contributed by atoms with Crippen molar-refractivity contribution in [2.45, 2.75) is 0 Å². The Labute approximate surface area is 155 Å². The van der Waals surface area contributed by atoms with Crippen LogP contribution in [0.2, 0.25) is 0 Å². The molecule has 11 heteroatoms. The van der Waals surface area contributed by atoms with E-state index in [-0.39, 0.29) is 0 Å². The first-order valence-electron chi connectivity index (χ1n) is 3.46. The summed E-state index contributed by atoms with van der Waals surface area (Å²) in [6.45, 7) is 0. The molecule has 0 radical (unpaired) electrons. The molecular weight excluding hydrogens is 743 g/mol. The zero-order chi connectivity index (χ0) is 15.3. The SMILES string of the molecule is CSC.CSC.CSC.[Cl][Ta]([Cl])[Cl].[Cl][Ta]([Cl])[Cl]. The molecule has 0 aromatic heterocycles. The van der Waals surface area contributed by atoms with Crippen LogP contribution in [-0.2, 0) is 30.4 Å². The molecule has 0 spiro atoms. The van der Waals surface area contributed by atoms with Gasteiger partial charge in [-0.15, -0.1) is 0 Å². The molecule has 0 N–H and O–H groups in total. The van der Waals surface area contributed by atoms with Gasteiger partial charge in [0.15, 0.2) is 0 Å². The summed E-state index contributed by atoms with van der Waals surface area (Å²) in [5.74, 6) is 0. The average Bonchev–Trinajstić information content (AvgIpc) is 2.03. The van der Waals surface area contributed by atoms with E-state index in [2.05, 4.69) is 0 Å². The zero-order valence-electron chi connectivity index (χ0n) is 10.4. The summed E-state index contributed by atoms with van der Waals surface area (Å²) in [6.07, 6.45) is 12.2. The van der Waals surface area contributed by atoms with Crippen LogP contribution in [0.5, 0.6) is 0 Å². The van der Waals surface area contributed by atoms with Gasteiger partial charge in [0.2, 0.25) is 0 Å². The Morgan fingerprint density at radius 2 is 0.471 bits per heavy atom. The summed E-state index contributed by atoms with van der Waals surface area (Å²) in [4.78, 5) is 0. The molecule has 0 fully saturated rings. The quantitative estimate of drug-likeness (QED) is 0.260. The number of halogens is 6. The summed E-state index contributed by atoms with van der Waals surface area (Å²) in [7, 11) is 30.1. The first-order valence-corrected chi connectivity index (χ1v) is 32.3. The third-order valence-corrected chi connectivity index (χ3v) is 0. The Morgan fingerprint density at radius 3 is 0.471 bits per heavy atom. The van der Waals surface area contributed by atoms with Crippen molar-refractivity contribution < 1.29 is 30.4 Å². The Morgan fingerprint density at radius 1 is 0.471 bits per heavy atom. The molecule has 0 rings (SSSR count). The van der Waals surface area contributed by atoms with Crippen molar-refractivity contribution in [2.75, 3.05) is 37.5 Å². The number of hydrogen-bond acceptors (Lipinski definition) is 3. The van der Waals surface area contributed by atoms with Crippen LogP contribution in [0.3, 0.4) is 0 Å². The molecule has 0 saturated carbocycles. The van der Waals surface area contributed by atoms with Gasteiger partial charge in [-0.05, 0) is 37.5 Å². The second-order valence-corrected chi connectivity index (χ2v) is 31.9. The zero-order valence-corrected chi connectivity index (χ0v) is 23.8. The van der Waals surface area contributed by atoms with E-state index >= 15 is 0 Å². The second kappa shape index (κ2) is 42.7. The van der Waals surface area contributed by atoms with Gasteiger partial charge < -0.3 is 0 Å². The topological polar surface area (TPSA) is 0 Å². The molecule has 0 aromatic carbocycles. The molecule has 0 heterocycles. The van der Waals surface area contributed by atoms with Crippen LogP contribution in [0.15, 0.2) is 0 Å². The monoisotopic (exact) mass is 758 g/mol. The van der Waals surface area contributed by atoms with Gasteiger partial charge in [0, 0.05) is 0 Å². The molecule has 0 amide bonds. The van der Waals surface area contributed by atoms with Crippen molar-refractivity contribution in [3.8, 4) is 0 Å². The normalized spacial score (nSPS) is 7.41. The van der Waals surface area contributed by atoms with E-state index < -0.39 is 30.4 Å². The van der Waals surface area contributed by atoms with Gasteiger partial charge >= 0.3 is 85.5 Å². The van der Waals surface area contributed by atoms with E-state index in [4.69, 9.17) is 55.1 Å². The molecule has 0 aromatic rings. The van der Waals surface area contributed by atoms with Crippen LogP contribution >= 0.6 is 90.4 Å². The van der Waals surface area contributed by atoms with Crippen molar-refractivity contribution in [2.24, 2.45) is 0 Å². The van der Waals surface area contributed by atoms with E-state index in [1.165, 1.54) is 0 Å². The third kappa shape index (κ3) is 371. The minimum atomic E-state index is -2.18. The van der Waals surface area contributed by atoms with Crippen molar-refractivity contribution in [1.82, 2.24) is 0 Å². The van der Waals surface area contributed by atoms with E-state index in [0.717, 1.165) is 0 Å². The van der Waals surface area contributed by atoms with Gasteiger partial charge in [-0.2, -0.15) is 35.3 Å². The van der Waals surface area contributed by atoms with Crippen molar-refractivity contribution in [3.63, 3.8) is 0 Å². The Bertz CT molecular complexity index is 68.5. The van der Waals surface area contributed by atoms with Crippen LogP contribution in [-0.4, -0.2) is 37.5 Å². The van der Waals surface area contributed by atoms with Crippen LogP contribution in [0.4, 0.5) is 0 Å². The average molecular weight is 761 g/mol. The number of rotatable bonds is 0. The van der Waals surface area contributed by atoms with Gasteiger partial charge in [0.05, 0.1) is 0 Å². The molecule has 0 saturated heterocycles. The molecule has 0 aliphatic rings. The van der Waals surface area contributed by atoms with E-state index in [9.17, 15) is 0 Å². The number of hydrogen-bond donors (Lipinski definition) is 0. The fourth-order valence-corrected chi connectivity index (χ4v) is 0. The summed E-state index contributed by atoms with van der Waals surface area (Å²) in [5.41, 5.74) is 0. The summed E-state index contributed by atoms with van der Waals surface area (Å²) in [6, 6.07) is 0. The molecule has 0 bridgehead atoms. The standard InChI is InChI=1S/3C2H6S.6ClH.2Ta/c3*1-3-2;;;;;;;;/h3*1-2H3;6*1H;;/q;;;;;;;;;2*+3/p-6. The van der Waals surface area contributed by atoms with Gasteiger partial charge in [-0.1, -0.05) is 0 Å². The van der Waals surface area contributed by atoms with E-state index in [0.29, 0.717) is 0 Å². The predicted octanol–water partition coefficient (Wildman–Crippen LogP) is 7.07. The number of thioether (sulfide) groups is 3. The van der Waals surface area contributed by atoms with E-state index in [1.807, 2.05) is 37.5 Å². The molecular formula is C6H18Cl6S3Ta2. The van der Waals surface area contributed by atoms with Gasteiger partial charge in [0.1, 0.15) is 0 Å². The van der Waals surface area contributed by atoms with Crippen LogP contribution in [0.1, 0.15) is 0 Å². The molecule has 0 aliphatic carbocycles. The van der Waals surface area contributed by atoms with Gasteiger partial charge in [0.25, 0.3) is 0 Å². The predicted molar refractivity (Wildman–Crippen MR) is 93.4 cm³/mol. The van der Waals surface area contributed by atoms with E-state index in [1.54, 1.807) is 35.3 Å². The minimum absolute atomic E-state index is 1.75. The van der Waals surface area contributed by atoms with Crippen LogP contribution in [0.25, 0.3) is 0 Å². The molecule has 0 nitrogen and oxygen atoms in total. The van der Waals surface area contributed by atoms with Crippen LogP contribution in [0, 0.1) is 0 Å². The summed E-state index contributed by atoms with van der Waals surface area (Å²) >= 11 is 0.898. The molecule has 17 heavy (non-hydrogen) atoms. The Hall–Kier alpha value is 4.27. The Balaban J connectivity index is -0.0000000356. The maximum atomic E-state index is 5.01. The molecule has 112 valence electrons. The maximum absolute atomic E-state index is 5.01. The van der Waals surface area contributed by atoms with Gasteiger partial charge in [-0.25, -0.2) is 0 Å². The third-order valence-electron chi connectivity index (χ3n) is 0. The fourth-order valence-electron chi connectivity index (χ4n) is 0. The van der Waals surface area contributed by atoms with Crippen molar-refractivity contribution in [3.05, 3.63) is 0 Å². The second-order valence-electron chi connectivity index (χ2n) is 1.61. The molecule has 0 aliphatic heterocycles. The Kier molecular flexibility index (Phi) is 83.0. The van der Waals surface area contributed by atoms with Crippen molar-refractivity contribution in [1.29, 1.82) is 0 Å². The van der Waals surface area contributed by atoms with Crippen molar-refractivity contribution >= 4 is 90.4 Å².